The molecule has 1 aromatic carbocycles. The molecular weight excluding hydrogens is 370 g/mol. The van der Waals surface area contributed by atoms with Crippen molar-refractivity contribution in [1.82, 2.24) is 10.6 Å². The van der Waals surface area contributed by atoms with E-state index in [4.69, 9.17) is 14.5 Å². The predicted molar refractivity (Wildman–Crippen MR) is 119 cm³/mol. The summed E-state index contributed by atoms with van der Waals surface area (Å²) in [7, 11) is 1.71. The van der Waals surface area contributed by atoms with Gasteiger partial charge < -0.3 is 20.1 Å². The molecule has 5 nitrogen and oxygen atoms in total. The molecule has 3 rings (SSSR count). The Morgan fingerprint density at radius 2 is 2.00 bits per heavy atom. The molecule has 0 bridgehead atoms. The molecule has 2 atom stereocenters. The third-order valence-electron chi connectivity index (χ3n) is 6.10. The van der Waals surface area contributed by atoms with Crippen molar-refractivity contribution in [2.24, 2.45) is 4.99 Å². The maximum absolute atomic E-state index is 5.67. The summed E-state index contributed by atoms with van der Waals surface area (Å²) >= 11 is 1.99. The molecule has 0 aromatic heterocycles. The first kappa shape index (κ1) is 21.3. The second-order valence-electron chi connectivity index (χ2n) is 7.83. The van der Waals surface area contributed by atoms with Crippen LogP contribution in [0.4, 0.5) is 0 Å². The zero-order valence-corrected chi connectivity index (χ0v) is 18.3. The zero-order valence-electron chi connectivity index (χ0n) is 17.5. The van der Waals surface area contributed by atoms with Gasteiger partial charge in [-0.25, -0.2) is 0 Å². The highest BCUT2D eigenvalue weighted by Gasteiger charge is 2.34. The normalized spacial score (nSPS) is 24.8. The van der Waals surface area contributed by atoms with Crippen molar-refractivity contribution in [3.05, 3.63) is 29.8 Å². The topological polar surface area (TPSA) is 54.9 Å². The van der Waals surface area contributed by atoms with Gasteiger partial charge in [0.2, 0.25) is 0 Å². The number of ether oxygens (including phenoxy) is 2. The van der Waals surface area contributed by atoms with Gasteiger partial charge in [-0.1, -0.05) is 12.1 Å². The number of nitrogens with zero attached hydrogens (tertiary/aromatic N) is 1. The van der Waals surface area contributed by atoms with Gasteiger partial charge >= 0.3 is 0 Å². The van der Waals surface area contributed by atoms with Gasteiger partial charge in [0.25, 0.3) is 0 Å². The van der Waals surface area contributed by atoms with Crippen LogP contribution in [0.15, 0.2) is 29.3 Å². The van der Waals surface area contributed by atoms with Crippen LogP contribution in [0.5, 0.6) is 5.75 Å². The monoisotopic (exact) mass is 405 g/mol. The Morgan fingerprint density at radius 3 is 2.61 bits per heavy atom. The minimum atomic E-state index is 0.0321. The Kier molecular flexibility index (Phi) is 7.91. The molecule has 1 aromatic rings. The molecule has 0 spiro atoms. The fourth-order valence-corrected chi connectivity index (χ4v) is 5.07. The first-order chi connectivity index (χ1) is 13.7. The Bertz CT molecular complexity index is 629. The van der Waals surface area contributed by atoms with E-state index in [1.54, 1.807) is 7.11 Å². The predicted octanol–water partition coefficient (Wildman–Crippen LogP) is 3.58. The molecular formula is C22H35N3O2S. The molecule has 2 unspecified atom stereocenters. The van der Waals surface area contributed by atoms with Crippen LogP contribution < -0.4 is 15.4 Å². The van der Waals surface area contributed by atoms with Crippen LogP contribution in [0.25, 0.3) is 0 Å². The summed E-state index contributed by atoms with van der Waals surface area (Å²) in [5.74, 6) is 1.85. The number of nitrogens with one attached hydrogen (secondary N) is 2. The van der Waals surface area contributed by atoms with Crippen LogP contribution in [-0.4, -0.2) is 56.9 Å². The summed E-state index contributed by atoms with van der Waals surface area (Å²) in [6.45, 7) is 5.37. The molecule has 2 N–H and O–H groups in total. The standard InChI is InChI=1S/C22H35N3O2S/c1-4-23-21(25-18-7-10-20(15-18)28-3)24-16-22(11-13-27-14-12-22)17-5-8-19(26-2)9-6-17/h5-6,8-9,18,20H,4,7,10-16H2,1-3H3,(H2,23,24,25). The average molecular weight is 406 g/mol. The Labute approximate surface area is 174 Å². The van der Waals surface area contributed by atoms with Crippen molar-refractivity contribution >= 4 is 17.7 Å². The Hall–Kier alpha value is -1.40. The van der Waals surface area contributed by atoms with E-state index in [2.05, 4.69) is 48.1 Å². The molecule has 1 saturated heterocycles. The van der Waals surface area contributed by atoms with E-state index in [0.717, 1.165) is 56.1 Å². The number of thioether (sulfide) groups is 1. The number of methoxy groups -OCH3 is 1. The van der Waals surface area contributed by atoms with Crippen LogP contribution in [0.3, 0.4) is 0 Å². The van der Waals surface area contributed by atoms with Crippen molar-refractivity contribution < 1.29 is 9.47 Å². The van der Waals surface area contributed by atoms with Crippen LogP contribution in [0.2, 0.25) is 0 Å². The van der Waals surface area contributed by atoms with Crippen LogP contribution in [0.1, 0.15) is 44.6 Å². The van der Waals surface area contributed by atoms with E-state index in [1.165, 1.54) is 24.8 Å². The Balaban J connectivity index is 1.74. The fraction of sp³-hybridized carbons (Fsp3) is 0.682. The van der Waals surface area contributed by atoms with E-state index < -0.39 is 0 Å². The highest BCUT2D eigenvalue weighted by atomic mass is 32.2. The third-order valence-corrected chi connectivity index (χ3v) is 7.19. The largest absolute Gasteiger partial charge is 0.497 e. The summed E-state index contributed by atoms with van der Waals surface area (Å²) in [4.78, 5) is 5.04. The van der Waals surface area contributed by atoms with E-state index in [-0.39, 0.29) is 5.41 Å². The third kappa shape index (κ3) is 5.35. The maximum atomic E-state index is 5.67. The van der Waals surface area contributed by atoms with Gasteiger partial charge in [0, 0.05) is 36.5 Å². The zero-order chi connectivity index (χ0) is 19.8. The molecule has 0 amide bonds. The number of hydrogen-bond acceptors (Lipinski definition) is 4. The fourth-order valence-electron chi connectivity index (χ4n) is 4.27. The summed E-state index contributed by atoms with van der Waals surface area (Å²) < 4.78 is 11.0. The minimum Gasteiger partial charge on any atom is -0.497 e. The van der Waals surface area contributed by atoms with E-state index in [0.29, 0.717) is 6.04 Å². The first-order valence-corrected chi connectivity index (χ1v) is 11.8. The van der Waals surface area contributed by atoms with Gasteiger partial charge in [-0.15, -0.1) is 0 Å². The molecule has 1 aliphatic carbocycles. The maximum Gasteiger partial charge on any atom is 0.191 e. The quantitative estimate of drug-likeness (QED) is 0.536. The van der Waals surface area contributed by atoms with E-state index in [9.17, 15) is 0 Å². The van der Waals surface area contributed by atoms with E-state index in [1.807, 2.05) is 11.8 Å². The van der Waals surface area contributed by atoms with Crippen LogP contribution in [-0.2, 0) is 10.2 Å². The smallest absolute Gasteiger partial charge is 0.191 e. The average Bonchev–Trinajstić information content (AvgIpc) is 3.20. The first-order valence-electron chi connectivity index (χ1n) is 10.5. The van der Waals surface area contributed by atoms with Gasteiger partial charge in [0.15, 0.2) is 5.96 Å². The highest BCUT2D eigenvalue weighted by Crippen LogP contribution is 2.36. The molecule has 1 aliphatic heterocycles. The highest BCUT2D eigenvalue weighted by molar-refractivity contribution is 7.99. The number of hydrogen-bond donors (Lipinski definition) is 2. The number of aliphatic imine (C=N–C) groups is 1. The lowest BCUT2D eigenvalue weighted by Gasteiger charge is -2.37. The van der Waals surface area contributed by atoms with Crippen molar-refractivity contribution in [1.29, 1.82) is 0 Å². The Morgan fingerprint density at radius 1 is 1.25 bits per heavy atom. The van der Waals surface area contributed by atoms with Gasteiger partial charge in [0.1, 0.15) is 5.75 Å². The number of benzene rings is 1. The second kappa shape index (κ2) is 10.4. The lowest BCUT2D eigenvalue weighted by Crippen LogP contribution is -2.44. The SMILES string of the molecule is CCNC(=NCC1(c2ccc(OC)cc2)CCOCC1)NC1CCC(SC)C1. The molecule has 1 saturated carbocycles. The molecule has 156 valence electrons. The molecule has 0 radical (unpaired) electrons. The van der Waals surface area contributed by atoms with Crippen molar-refractivity contribution in [2.45, 2.75) is 55.7 Å². The molecule has 6 heteroatoms. The summed E-state index contributed by atoms with van der Waals surface area (Å²) in [6, 6.07) is 9.03. The van der Waals surface area contributed by atoms with Crippen molar-refractivity contribution in [3.8, 4) is 5.75 Å². The van der Waals surface area contributed by atoms with Crippen molar-refractivity contribution in [3.63, 3.8) is 0 Å². The van der Waals surface area contributed by atoms with Gasteiger partial charge in [0.05, 0.1) is 13.7 Å². The van der Waals surface area contributed by atoms with Gasteiger partial charge in [-0.05, 0) is 63.0 Å². The van der Waals surface area contributed by atoms with Crippen LogP contribution >= 0.6 is 11.8 Å². The lowest BCUT2D eigenvalue weighted by atomic mass is 9.74. The summed E-state index contributed by atoms with van der Waals surface area (Å²) in [5.41, 5.74) is 1.36. The number of guanidine groups is 1. The molecule has 2 fully saturated rings. The second-order valence-corrected chi connectivity index (χ2v) is 8.97. The van der Waals surface area contributed by atoms with Gasteiger partial charge in [-0.3, -0.25) is 4.99 Å². The molecule has 1 heterocycles. The summed E-state index contributed by atoms with van der Waals surface area (Å²) in [5, 5.41) is 7.91. The van der Waals surface area contributed by atoms with E-state index >= 15 is 0 Å². The van der Waals surface area contributed by atoms with Gasteiger partial charge in [-0.2, -0.15) is 11.8 Å². The lowest BCUT2D eigenvalue weighted by molar-refractivity contribution is 0.0531. The summed E-state index contributed by atoms with van der Waals surface area (Å²) in [6.07, 6.45) is 7.97. The molecule has 2 aliphatic rings. The number of rotatable bonds is 7. The van der Waals surface area contributed by atoms with Crippen molar-refractivity contribution in [2.75, 3.05) is 39.7 Å². The molecule has 28 heavy (non-hydrogen) atoms. The minimum absolute atomic E-state index is 0.0321. The van der Waals surface area contributed by atoms with Crippen LogP contribution in [0, 0.1) is 0 Å².